The molecule has 6 nitrogen and oxygen atoms in total. The van der Waals surface area contributed by atoms with Crippen LogP contribution >= 0.6 is 0 Å². The predicted octanol–water partition coefficient (Wildman–Crippen LogP) is 3.50. The molecule has 1 amide bonds. The number of hydrogen-bond acceptors (Lipinski definition) is 4. The SMILES string of the molecule is CCOc1cccc(-c2c(F)cc(NC(=O)C3=C(C(=O)O)CCC3O)cc2F)c1. The highest BCUT2D eigenvalue weighted by Gasteiger charge is 2.32. The largest absolute Gasteiger partial charge is 0.494 e. The Morgan fingerprint density at radius 2 is 1.90 bits per heavy atom. The van der Waals surface area contributed by atoms with E-state index in [-0.39, 0.29) is 40.8 Å². The lowest BCUT2D eigenvalue weighted by atomic mass is 10.0. The van der Waals surface area contributed by atoms with E-state index in [1.165, 1.54) is 12.1 Å². The number of carboxylic acid groups (broad SMARTS) is 1. The van der Waals surface area contributed by atoms with Crippen molar-refractivity contribution in [3.63, 3.8) is 0 Å². The van der Waals surface area contributed by atoms with Crippen LogP contribution < -0.4 is 10.1 Å². The topological polar surface area (TPSA) is 95.9 Å². The first kappa shape index (κ1) is 20.5. The number of aliphatic hydroxyl groups is 1. The number of ether oxygens (including phenoxy) is 1. The van der Waals surface area contributed by atoms with Crippen LogP contribution in [0, 0.1) is 11.6 Å². The van der Waals surface area contributed by atoms with Crippen molar-refractivity contribution in [2.75, 3.05) is 11.9 Å². The Balaban J connectivity index is 1.90. The Hall–Kier alpha value is -3.26. The smallest absolute Gasteiger partial charge is 0.332 e. The molecule has 0 bridgehead atoms. The van der Waals surface area contributed by atoms with Gasteiger partial charge < -0.3 is 20.3 Å². The van der Waals surface area contributed by atoms with Crippen LogP contribution in [-0.4, -0.2) is 34.8 Å². The quantitative estimate of drug-likeness (QED) is 0.686. The van der Waals surface area contributed by atoms with Gasteiger partial charge in [-0.25, -0.2) is 13.6 Å². The molecule has 1 unspecified atom stereocenters. The third kappa shape index (κ3) is 4.27. The maximum Gasteiger partial charge on any atom is 0.332 e. The zero-order chi connectivity index (χ0) is 21.1. The van der Waals surface area contributed by atoms with E-state index < -0.39 is 29.6 Å². The van der Waals surface area contributed by atoms with E-state index in [9.17, 15) is 23.5 Å². The Kier molecular flexibility index (Phi) is 5.93. The average molecular weight is 403 g/mol. The van der Waals surface area contributed by atoms with Crippen molar-refractivity contribution in [2.24, 2.45) is 0 Å². The number of aliphatic hydroxyl groups excluding tert-OH is 1. The van der Waals surface area contributed by atoms with Gasteiger partial charge in [-0.3, -0.25) is 4.79 Å². The number of anilines is 1. The minimum absolute atomic E-state index is 0.0388. The summed E-state index contributed by atoms with van der Waals surface area (Å²) >= 11 is 0. The van der Waals surface area contributed by atoms with E-state index >= 15 is 0 Å². The predicted molar refractivity (Wildman–Crippen MR) is 101 cm³/mol. The van der Waals surface area contributed by atoms with Crippen LogP contribution in [0.2, 0.25) is 0 Å². The first-order valence-electron chi connectivity index (χ1n) is 8.99. The van der Waals surface area contributed by atoms with Crippen LogP contribution in [0.15, 0.2) is 47.5 Å². The molecule has 1 atom stereocenters. The van der Waals surface area contributed by atoms with E-state index in [1.807, 2.05) is 0 Å². The molecule has 3 N–H and O–H groups in total. The van der Waals surface area contributed by atoms with Gasteiger partial charge in [0.25, 0.3) is 5.91 Å². The summed E-state index contributed by atoms with van der Waals surface area (Å²) in [5, 5.41) is 21.3. The van der Waals surface area contributed by atoms with E-state index in [0.29, 0.717) is 12.4 Å². The van der Waals surface area contributed by atoms with Crippen LogP contribution in [0.5, 0.6) is 5.75 Å². The molecule has 0 aromatic heterocycles. The molecule has 0 heterocycles. The number of carboxylic acids is 1. The Morgan fingerprint density at radius 3 is 2.52 bits per heavy atom. The van der Waals surface area contributed by atoms with Gasteiger partial charge in [0.2, 0.25) is 0 Å². The van der Waals surface area contributed by atoms with Crippen molar-refractivity contribution >= 4 is 17.6 Å². The number of benzene rings is 2. The van der Waals surface area contributed by atoms with Crippen LogP contribution in [0.1, 0.15) is 19.8 Å². The van der Waals surface area contributed by atoms with Gasteiger partial charge >= 0.3 is 5.97 Å². The second-order valence-corrected chi connectivity index (χ2v) is 6.48. The van der Waals surface area contributed by atoms with E-state index in [2.05, 4.69) is 5.32 Å². The first-order chi connectivity index (χ1) is 13.8. The highest BCUT2D eigenvalue weighted by atomic mass is 19.1. The second-order valence-electron chi connectivity index (χ2n) is 6.48. The third-order valence-corrected chi connectivity index (χ3v) is 4.56. The molecule has 1 aliphatic carbocycles. The van der Waals surface area contributed by atoms with Gasteiger partial charge in [-0.05, 0) is 49.6 Å². The minimum Gasteiger partial charge on any atom is -0.494 e. The molecule has 0 saturated carbocycles. The number of rotatable bonds is 6. The number of aliphatic carboxylic acids is 1. The highest BCUT2D eigenvalue weighted by Crippen LogP contribution is 2.32. The molecular weight excluding hydrogens is 384 g/mol. The normalized spacial score (nSPS) is 16.1. The molecule has 0 fully saturated rings. The summed E-state index contributed by atoms with van der Waals surface area (Å²) in [7, 11) is 0. The van der Waals surface area contributed by atoms with Crippen LogP contribution in [-0.2, 0) is 9.59 Å². The Labute approximate surface area is 165 Å². The molecule has 29 heavy (non-hydrogen) atoms. The van der Waals surface area contributed by atoms with Crippen molar-refractivity contribution in [1.29, 1.82) is 0 Å². The number of carbonyl (C=O) groups excluding carboxylic acids is 1. The highest BCUT2D eigenvalue weighted by molar-refractivity contribution is 6.10. The number of hydrogen-bond donors (Lipinski definition) is 3. The number of amides is 1. The Bertz CT molecular complexity index is 979. The lowest BCUT2D eigenvalue weighted by Crippen LogP contribution is -2.23. The summed E-state index contributed by atoms with van der Waals surface area (Å²) < 4.78 is 34.6. The number of halogens is 2. The standard InChI is InChI=1S/C21H19F2NO5/c1-2-29-13-5-3-4-11(8-13)18-15(22)9-12(10-16(18)23)24-20(26)19-14(21(27)28)6-7-17(19)25/h3-5,8-10,17,25H,2,6-7H2,1H3,(H,24,26)(H,27,28). The molecule has 8 heteroatoms. The van der Waals surface area contributed by atoms with Crippen LogP contribution in [0.4, 0.5) is 14.5 Å². The van der Waals surface area contributed by atoms with Gasteiger partial charge in [0.1, 0.15) is 17.4 Å². The zero-order valence-corrected chi connectivity index (χ0v) is 15.5. The molecule has 0 spiro atoms. The average Bonchev–Trinajstić information content (AvgIpc) is 3.04. The Morgan fingerprint density at radius 1 is 1.21 bits per heavy atom. The summed E-state index contributed by atoms with van der Waals surface area (Å²) in [4.78, 5) is 23.6. The van der Waals surface area contributed by atoms with Crippen molar-refractivity contribution in [1.82, 2.24) is 0 Å². The van der Waals surface area contributed by atoms with Gasteiger partial charge in [-0.2, -0.15) is 0 Å². The summed E-state index contributed by atoms with van der Waals surface area (Å²) in [6.07, 6.45) is -1.10. The van der Waals surface area contributed by atoms with E-state index in [4.69, 9.17) is 9.84 Å². The fourth-order valence-electron chi connectivity index (χ4n) is 3.30. The van der Waals surface area contributed by atoms with Gasteiger partial charge in [0.15, 0.2) is 0 Å². The summed E-state index contributed by atoms with van der Waals surface area (Å²) in [6.45, 7) is 2.19. The maximum absolute atomic E-state index is 14.6. The summed E-state index contributed by atoms with van der Waals surface area (Å²) in [5.74, 6) is -3.57. The molecule has 152 valence electrons. The van der Waals surface area contributed by atoms with Crippen molar-refractivity contribution in [3.05, 3.63) is 59.2 Å². The van der Waals surface area contributed by atoms with E-state index in [0.717, 1.165) is 12.1 Å². The first-order valence-corrected chi connectivity index (χ1v) is 8.99. The molecule has 2 aromatic rings. The lowest BCUT2D eigenvalue weighted by molar-refractivity contribution is -0.133. The van der Waals surface area contributed by atoms with Crippen LogP contribution in [0.3, 0.4) is 0 Å². The fourth-order valence-corrected chi connectivity index (χ4v) is 3.30. The van der Waals surface area contributed by atoms with Crippen molar-refractivity contribution in [3.8, 4) is 16.9 Å². The number of nitrogens with one attached hydrogen (secondary N) is 1. The van der Waals surface area contributed by atoms with Gasteiger partial charge in [-0.1, -0.05) is 12.1 Å². The fraction of sp³-hybridized carbons (Fsp3) is 0.238. The minimum atomic E-state index is -1.31. The summed E-state index contributed by atoms with van der Waals surface area (Å²) in [5.41, 5.74) is -0.708. The monoisotopic (exact) mass is 403 g/mol. The van der Waals surface area contributed by atoms with Gasteiger partial charge in [-0.15, -0.1) is 0 Å². The maximum atomic E-state index is 14.6. The molecule has 0 aliphatic heterocycles. The molecule has 2 aromatic carbocycles. The van der Waals surface area contributed by atoms with Crippen LogP contribution in [0.25, 0.3) is 11.1 Å². The molecule has 0 saturated heterocycles. The van der Waals surface area contributed by atoms with Crippen molar-refractivity contribution in [2.45, 2.75) is 25.9 Å². The third-order valence-electron chi connectivity index (χ3n) is 4.56. The second kappa shape index (κ2) is 8.40. The lowest BCUT2D eigenvalue weighted by Gasteiger charge is -2.13. The molecule has 3 rings (SSSR count). The zero-order valence-electron chi connectivity index (χ0n) is 15.5. The van der Waals surface area contributed by atoms with E-state index in [1.54, 1.807) is 19.1 Å². The van der Waals surface area contributed by atoms with Crippen molar-refractivity contribution < 1.29 is 33.3 Å². The number of carbonyl (C=O) groups is 2. The molecular formula is C21H19F2NO5. The molecule has 1 aliphatic rings. The molecule has 0 radical (unpaired) electrons. The van der Waals surface area contributed by atoms with Gasteiger partial charge in [0, 0.05) is 11.3 Å². The summed E-state index contributed by atoms with van der Waals surface area (Å²) in [6, 6.07) is 8.18. The van der Waals surface area contributed by atoms with Gasteiger partial charge in [0.05, 0.1) is 23.8 Å².